The van der Waals surface area contributed by atoms with E-state index >= 15 is 0 Å². The van der Waals surface area contributed by atoms with Gasteiger partial charge in [0.25, 0.3) is 0 Å². The summed E-state index contributed by atoms with van der Waals surface area (Å²) < 4.78 is 0. The molecule has 0 nitrogen and oxygen atoms in total. The zero-order valence-electron chi connectivity index (χ0n) is 4.91. The van der Waals surface area contributed by atoms with Gasteiger partial charge in [-0.25, -0.2) is 0 Å². The summed E-state index contributed by atoms with van der Waals surface area (Å²) in [5.74, 6) is 0. The first-order valence-corrected chi connectivity index (χ1v) is 3.00. The Morgan fingerprint density at radius 1 is 1.29 bits per heavy atom. The van der Waals surface area contributed by atoms with Gasteiger partial charge in [-0.3, -0.25) is 0 Å². The van der Waals surface area contributed by atoms with Gasteiger partial charge < -0.3 is 0 Å². The summed E-state index contributed by atoms with van der Waals surface area (Å²) in [6, 6.07) is 0. The highest BCUT2D eigenvalue weighted by atomic mass is 14.2. The Morgan fingerprint density at radius 2 is 1.71 bits per heavy atom. The van der Waals surface area contributed by atoms with Gasteiger partial charge in [-0.2, -0.15) is 0 Å². The van der Waals surface area contributed by atoms with Crippen LogP contribution in [0.4, 0.5) is 0 Å². The molecule has 0 atom stereocenters. The Morgan fingerprint density at radius 3 is 1.86 bits per heavy atom. The fourth-order valence-electron chi connectivity index (χ4n) is 1.18. The molecule has 0 bridgehead atoms. The molecule has 1 aliphatic rings. The molecule has 0 aromatic rings. The van der Waals surface area contributed by atoms with Gasteiger partial charge in [0, 0.05) is 0 Å². The van der Waals surface area contributed by atoms with Crippen molar-refractivity contribution >= 4 is 7.85 Å². The van der Waals surface area contributed by atoms with E-state index in [2.05, 4.69) is 6.92 Å². The van der Waals surface area contributed by atoms with E-state index in [1.54, 1.807) is 0 Å². The second-order valence-electron chi connectivity index (χ2n) is 2.86. The Balaban J connectivity index is 2.40. The lowest BCUT2D eigenvalue weighted by molar-refractivity contribution is 0.641. The molecule has 7 heavy (non-hydrogen) atoms. The van der Waals surface area contributed by atoms with Gasteiger partial charge in [0.15, 0.2) is 0 Å². The average Bonchev–Trinajstić information content (AvgIpc) is 1.84. The van der Waals surface area contributed by atoms with E-state index in [1.165, 1.54) is 25.7 Å². The molecule has 1 saturated carbocycles. The zero-order chi connectivity index (χ0) is 5.33. The lowest BCUT2D eigenvalue weighted by Gasteiger charge is -2.14. The molecular weight excluding hydrogens is 82.9 g/mol. The smallest absolute Gasteiger partial charge is 0.0688 e. The topological polar surface area (TPSA) is 0 Å². The van der Waals surface area contributed by atoms with Gasteiger partial charge in [0.05, 0.1) is 7.85 Å². The molecule has 1 fully saturated rings. The quantitative estimate of drug-likeness (QED) is 0.402. The molecule has 0 heterocycles. The van der Waals surface area contributed by atoms with Crippen LogP contribution in [0.15, 0.2) is 0 Å². The Bertz CT molecular complexity index is 58.6. The fraction of sp³-hybridized carbons (Fsp3) is 1.00. The Kier molecular flexibility index (Phi) is 1.14. The van der Waals surface area contributed by atoms with Crippen molar-refractivity contribution in [1.29, 1.82) is 0 Å². The molecule has 0 unspecified atom stereocenters. The molecule has 0 spiro atoms. The summed E-state index contributed by atoms with van der Waals surface area (Å²) in [6.45, 7) is 2.14. The van der Waals surface area contributed by atoms with Crippen LogP contribution >= 0.6 is 0 Å². The van der Waals surface area contributed by atoms with Crippen LogP contribution in [0.2, 0.25) is 5.31 Å². The first-order chi connectivity index (χ1) is 3.21. The second kappa shape index (κ2) is 1.54. The monoisotopic (exact) mass is 94.1 g/mol. The summed E-state index contributed by atoms with van der Waals surface area (Å²) >= 11 is 0. The van der Waals surface area contributed by atoms with E-state index in [-0.39, 0.29) is 5.31 Å². The highest BCUT2D eigenvalue weighted by molar-refractivity contribution is 6.14. The van der Waals surface area contributed by atoms with Gasteiger partial charge in [0.2, 0.25) is 0 Å². The van der Waals surface area contributed by atoms with Crippen LogP contribution in [0.1, 0.15) is 32.6 Å². The molecule has 0 saturated heterocycles. The maximum atomic E-state index is 5.78. The van der Waals surface area contributed by atoms with E-state index < -0.39 is 0 Å². The molecule has 0 amide bonds. The van der Waals surface area contributed by atoms with E-state index in [0.29, 0.717) is 0 Å². The molecule has 1 rings (SSSR count). The Labute approximate surface area is 46.7 Å². The van der Waals surface area contributed by atoms with E-state index in [9.17, 15) is 0 Å². The van der Waals surface area contributed by atoms with E-state index in [0.717, 1.165) is 0 Å². The third kappa shape index (κ3) is 1.22. The molecule has 38 valence electrons. The minimum atomic E-state index is 0.194. The van der Waals surface area contributed by atoms with E-state index in [1.807, 2.05) is 0 Å². The maximum Gasteiger partial charge on any atom is 0.0742 e. The first kappa shape index (κ1) is 5.21. The second-order valence-corrected chi connectivity index (χ2v) is 2.86. The standard InChI is InChI=1S/C6H11B/c1-6(7)4-2-3-5-6/h2-5H2,1H3. The summed E-state index contributed by atoms with van der Waals surface area (Å²) in [5, 5.41) is 0.194. The first-order valence-electron chi connectivity index (χ1n) is 3.00. The minimum absolute atomic E-state index is 0.194. The van der Waals surface area contributed by atoms with Crippen molar-refractivity contribution in [2.45, 2.75) is 37.9 Å². The third-order valence-electron chi connectivity index (χ3n) is 1.75. The van der Waals surface area contributed by atoms with Crippen molar-refractivity contribution in [3.8, 4) is 0 Å². The van der Waals surface area contributed by atoms with Crippen molar-refractivity contribution in [2.75, 3.05) is 0 Å². The van der Waals surface area contributed by atoms with E-state index in [4.69, 9.17) is 7.85 Å². The molecule has 1 aliphatic carbocycles. The fourth-order valence-corrected chi connectivity index (χ4v) is 1.18. The van der Waals surface area contributed by atoms with Crippen molar-refractivity contribution < 1.29 is 0 Å². The van der Waals surface area contributed by atoms with Crippen LogP contribution in [0, 0.1) is 0 Å². The maximum absolute atomic E-state index is 5.78. The molecule has 1 heteroatoms. The van der Waals surface area contributed by atoms with Gasteiger partial charge in [-0.1, -0.05) is 37.9 Å². The molecule has 0 N–H and O–H groups in total. The van der Waals surface area contributed by atoms with Crippen LogP contribution in [-0.4, -0.2) is 7.85 Å². The minimum Gasteiger partial charge on any atom is -0.0688 e. The molecule has 2 radical (unpaired) electrons. The summed E-state index contributed by atoms with van der Waals surface area (Å²) in [5.41, 5.74) is 0. The van der Waals surface area contributed by atoms with Crippen LogP contribution in [0.3, 0.4) is 0 Å². The molecule has 0 aliphatic heterocycles. The van der Waals surface area contributed by atoms with Crippen molar-refractivity contribution in [3.63, 3.8) is 0 Å². The van der Waals surface area contributed by atoms with Crippen LogP contribution in [0.5, 0.6) is 0 Å². The summed E-state index contributed by atoms with van der Waals surface area (Å²) in [7, 11) is 5.78. The van der Waals surface area contributed by atoms with Gasteiger partial charge in [0.1, 0.15) is 0 Å². The van der Waals surface area contributed by atoms with Crippen LogP contribution < -0.4 is 0 Å². The van der Waals surface area contributed by atoms with Crippen LogP contribution in [-0.2, 0) is 0 Å². The highest BCUT2D eigenvalue weighted by Crippen LogP contribution is 2.40. The molecular formula is C6H11B. The van der Waals surface area contributed by atoms with Crippen molar-refractivity contribution in [3.05, 3.63) is 0 Å². The number of hydrogen-bond acceptors (Lipinski definition) is 0. The third-order valence-corrected chi connectivity index (χ3v) is 1.75. The molecule has 0 aromatic carbocycles. The lowest BCUT2D eigenvalue weighted by Crippen LogP contribution is -1.98. The zero-order valence-corrected chi connectivity index (χ0v) is 4.91. The molecule has 0 aromatic heterocycles. The average molecular weight is 94.0 g/mol. The predicted octanol–water partition coefficient (Wildman–Crippen LogP) is 1.91. The normalized spacial score (nSPS) is 28.1. The van der Waals surface area contributed by atoms with Crippen molar-refractivity contribution in [2.24, 2.45) is 0 Å². The largest absolute Gasteiger partial charge is 0.0742 e. The summed E-state index contributed by atoms with van der Waals surface area (Å²) in [6.07, 6.45) is 5.14. The van der Waals surface area contributed by atoms with Gasteiger partial charge in [-0.15, -0.1) is 0 Å². The van der Waals surface area contributed by atoms with Gasteiger partial charge >= 0.3 is 0 Å². The Hall–Kier alpha value is 0.0649. The summed E-state index contributed by atoms with van der Waals surface area (Å²) in [4.78, 5) is 0. The van der Waals surface area contributed by atoms with Gasteiger partial charge in [-0.05, 0) is 0 Å². The van der Waals surface area contributed by atoms with Crippen molar-refractivity contribution in [1.82, 2.24) is 0 Å². The lowest BCUT2D eigenvalue weighted by atomic mass is 9.69. The van der Waals surface area contributed by atoms with Crippen LogP contribution in [0.25, 0.3) is 0 Å². The SMILES string of the molecule is [B]C1(C)CCCC1. The number of hydrogen-bond donors (Lipinski definition) is 0. The predicted molar refractivity (Wildman–Crippen MR) is 32.6 cm³/mol. The number of rotatable bonds is 0. The highest BCUT2D eigenvalue weighted by Gasteiger charge is 2.21.